The summed E-state index contributed by atoms with van der Waals surface area (Å²) in [6, 6.07) is -0.849. The van der Waals surface area contributed by atoms with Crippen LogP contribution in [-0.4, -0.2) is 28.0 Å². The van der Waals surface area contributed by atoms with Gasteiger partial charge in [0.05, 0.1) is 0 Å². The van der Waals surface area contributed by atoms with Crippen LogP contribution in [0.25, 0.3) is 0 Å². The van der Waals surface area contributed by atoms with Crippen LogP contribution in [0.2, 0.25) is 0 Å². The van der Waals surface area contributed by atoms with Gasteiger partial charge in [0.1, 0.15) is 0 Å². The van der Waals surface area contributed by atoms with Crippen LogP contribution in [0.1, 0.15) is 1.43 Å². The number of carbonyl (C=O) groups is 2. The molecule has 3 amide bonds. The van der Waals surface area contributed by atoms with Crippen molar-refractivity contribution in [1.29, 1.82) is 0 Å². The normalized spacial score (nSPS) is 21.8. The Kier molecular flexibility index (Phi) is 4.53. The van der Waals surface area contributed by atoms with Crippen molar-refractivity contribution in [3.05, 3.63) is 0 Å². The molecule has 1 saturated heterocycles. The predicted molar refractivity (Wildman–Crippen MR) is 34.7 cm³/mol. The summed E-state index contributed by atoms with van der Waals surface area (Å²) in [6.45, 7) is 0. The van der Waals surface area contributed by atoms with E-state index in [4.69, 9.17) is 9.79 Å². The van der Waals surface area contributed by atoms with Gasteiger partial charge in [-0.1, -0.05) is 0 Å². The Morgan fingerprint density at radius 2 is 2.00 bits per heavy atom. The molecule has 1 aliphatic rings. The van der Waals surface area contributed by atoms with E-state index in [9.17, 15) is 14.2 Å². The van der Waals surface area contributed by atoms with Crippen molar-refractivity contribution in [3.63, 3.8) is 0 Å². The van der Waals surface area contributed by atoms with E-state index in [1.54, 1.807) is 5.32 Å². The van der Waals surface area contributed by atoms with Gasteiger partial charge in [0.2, 0.25) is 6.23 Å². The van der Waals surface area contributed by atoms with Gasteiger partial charge in [-0.2, -0.15) is 0 Å². The van der Waals surface area contributed by atoms with E-state index in [0.29, 0.717) is 0 Å². The van der Waals surface area contributed by atoms with E-state index in [1.165, 1.54) is 0 Å². The fraction of sp³-hybridized carbons (Fsp3) is 0.333. The number of phosphoric acid groups is 1. The topological polar surface area (TPSA) is 125 Å². The molecule has 0 aromatic carbocycles. The molecule has 1 fully saturated rings. The first-order valence-corrected chi connectivity index (χ1v) is 4.27. The van der Waals surface area contributed by atoms with Gasteiger partial charge in [-0.05, 0) is 0 Å². The second kappa shape index (κ2) is 4.52. The molecule has 13 heavy (non-hydrogen) atoms. The molecule has 1 aliphatic heterocycles. The molecule has 1 atom stereocenters. The molecular weight excluding hydrogens is 214 g/mol. The second-order valence-corrected chi connectivity index (χ2v) is 3.13. The van der Waals surface area contributed by atoms with Crippen molar-refractivity contribution in [1.82, 2.24) is 10.6 Å². The van der Waals surface area contributed by atoms with E-state index in [1.807, 2.05) is 5.32 Å². The van der Waals surface area contributed by atoms with E-state index in [-0.39, 0.29) is 31.0 Å². The minimum atomic E-state index is -4.75. The molecule has 0 spiro atoms. The van der Waals surface area contributed by atoms with E-state index in [2.05, 4.69) is 4.52 Å². The van der Waals surface area contributed by atoms with Crippen LogP contribution >= 0.6 is 7.82 Å². The maximum absolute atomic E-state index is 10.6. The standard InChI is InChI=1S/C3H5N2O6P.Na.H/c6-1-2(5-3(7)4-1)11-12(8,9)10;;/h2H,(H2,8,9,10)(H2,4,5,6,7);;/q;+1;-1. The molecule has 4 N–H and O–H groups in total. The molecule has 1 rings (SSSR count). The minimum Gasteiger partial charge on any atom is -1.00 e. The van der Waals surface area contributed by atoms with Crippen LogP contribution < -0.4 is 40.2 Å². The molecular formula is C3H6N2NaO6P. The zero-order chi connectivity index (χ0) is 9.35. The van der Waals surface area contributed by atoms with Crippen LogP contribution in [-0.2, 0) is 13.9 Å². The first-order valence-electron chi connectivity index (χ1n) is 2.74. The number of rotatable bonds is 2. The summed E-state index contributed by atoms with van der Waals surface area (Å²) in [6.07, 6.45) is -1.61. The molecule has 0 aromatic heterocycles. The Hall–Kier alpha value is 0.0500. The van der Waals surface area contributed by atoms with Gasteiger partial charge in [0.15, 0.2) is 0 Å². The van der Waals surface area contributed by atoms with Crippen LogP contribution in [0.15, 0.2) is 0 Å². The number of hydrogen-bond donors (Lipinski definition) is 4. The first kappa shape index (κ1) is 13.1. The van der Waals surface area contributed by atoms with E-state index < -0.39 is 26.0 Å². The Balaban J connectivity index is 0. The van der Waals surface area contributed by atoms with Crippen molar-refractivity contribution < 1.29 is 59.4 Å². The monoisotopic (exact) mass is 220 g/mol. The summed E-state index contributed by atoms with van der Waals surface area (Å²) in [7, 11) is -4.75. The fourth-order valence-electron chi connectivity index (χ4n) is 0.610. The third kappa shape index (κ3) is 4.19. The average molecular weight is 220 g/mol. The molecule has 10 heteroatoms. The predicted octanol–water partition coefficient (Wildman–Crippen LogP) is -4.62. The first-order chi connectivity index (χ1) is 5.38. The molecule has 1 unspecified atom stereocenters. The minimum absolute atomic E-state index is 0. The molecule has 0 bridgehead atoms. The molecule has 8 nitrogen and oxygen atoms in total. The van der Waals surface area contributed by atoms with E-state index in [0.717, 1.165) is 0 Å². The van der Waals surface area contributed by atoms with Gasteiger partial charge in [-0.15, -0.1) is 0 Å². The van der Waals surface area contributed by atoms with Gasteiger partial charge < -0.3 is 16.5 Å². The second-order valence-electron chi connectivity index (χ2n) is 1.94. The Morgan fingerprint density at radius 3 is 2.31 bits per heavy atom. The van der Waals surface area contributed by atoms with Crippen molar-refractivity contribution >= 4 is 19.8 Å². The summed E-state index contributed by atoms with van der Waals surface area (Å²) < 4.78 is 14.1. The summed E-state index contributed by atoms with van der Waals surface area (Å²) in [5, 5.41) is 3.58. The van der Waals surface area contributed by atoms with Crippen LogP contribution in [0, 0.1) is 0 Å². The largest absolute Gasteiger partial charge is 1.00 e. The summed E-state index contributed by atoms with van der Waals surface area (Å²) in [5.74, 6) is -0.927. The third-order valence-corrected chi connectivity index (χ3v) is 1.47. The summed E-state index contributed by atoms with van der Waals surface area (Å²) in [4.78, 5) is 37.5. The van der Waals surface area contributed by atoms with E-state index >= 15 is 0 Å². The van der Waals surface area contributed by atoms with Crippen LogP contribution in [0.5, 0.6) is 0 Å². The third-order valence-electron chi connectivity index (χ3n) is 0.980. The Bertz CT molecular complexity index is 280. The Morgan fingerprint density at radius 1 is 1.46 bits per heavy atom. The number of carbonyl (C=O) groups excluding carboxylic acids is 2. The Labute approximate surface area is 96.0 Å². The van der Waals surface area contributed by atoms with Gasteiger partial charge in [-0.25, -0.2) is 9.36 Å². The zero-order valence-electron chi connectivity index (χ0n) is 7.55. The number of imide groups is 1. The van der Waals surface area contributed by atoms with Crippen molar-refractivity contribution in [2.75, 3.05) is 0 Å². The van der Waals surface area contributed by atoms with Gasteiger partial charge >= 0.3 is 43.4 Å². The van der Waals surface area contributed by atoms with Gasteiger partial charge in [0.25, 0.3) is 5.91 Å². The summed E-state index contributed by atoms with van der Waals surface area (Å²) >= 11 is 0. The number of hydrogen-bond acceptors (Lipinski definition) is 4. The number of phosphoric ester groups is 1. The SMILES string of the molecule is O=C1NC(=O)C(OP(=O)(O)O)N1.[H-].[Na+]. The summed E-state index contributed by atoms with van der Waals surface area (Å²) in [5.41, 5.74) is 0. The molecule has 70 valence electrons. The number of nitrogens with one attached hydrogen (secondary N) is 2. The number of amides is 3. The van der Waals surface area contributed by atoms with Crippen LogP contribution in [0.3, 0.4) is 0 Å². The molecule has 0 saturated carbocycles. The maximum atomic E-state index is 10.6. The van der Waals surface area contributed by atoms with Crippen molar-refractivity contribution in [2.45, 2.75) is 6.23 Å². The van der Waals surface area contributed by atoms with Crippen molar-refractivity contribution in [2.24, 2.45) is 0 Å². The van der Waals surface area contributed by atoms with Crippen molar-refractivity contribution in [3.8, 4) is 0 Å². The smallest absolute Gasteiger partial charge is 1.00 e. The maximum Gasteiger partial charge on any atom is 1.00 e. The van der Waals surface area contributed by atoms with Crippen LogP contribution in [0.4, 0.5) is 4.79 Å². The fourth-order valence-corrected chi connectivity index (χ4v) is 1.03. The number of urea groups is 1. The van der Waals surface area contributed by atoms with Gasteiger partial charge in [0, 0.05) is 0 Å². The molecule has 0 radical (unpaired) electrons. The molecule has 0 aromatic rings. The zero-order valence-corrected chi connectivity index (χ0v) is 9.45. The average Bonchev–Trinajstić information content (AvgIpc) is 2.06. The quantitative estimate of drug-likeness (QED) is 0.211. The van der Waals surface area contributed by atoms with Gasteiger partial charge in [-0.3, -0.25) is 14.6 Å². The molecule has 0 aliphatic carbocycles. The molecule has 1 heterocycles.